The molecule has 2 aliphatic heterocycles. The first-order valence-corrected chi connectivity index (χ1v) is 10.4. The third-order valence-electron chi connectivity index (χ3n) is 5.32. The number of anilines is 2. The SMILES string of the molecule is CN1CCCN(C(=O)c2cc(Cl)c3c(c2)OCCCO3)c2nc3ccccc3nc21. The minimum Gasteiger partial charge on any atom is -0.489 e. The van der Waals surface area contributed by atoms with Gasteiger partial charge in [0, 0.05) is 32.1 Å². The van der Waals surface area contributed by atoms with E-state index in [4.69, 9.17) is 31.0 Å². The summed E-state index contributed by atoms with van der Waals surface area (Å²) >= 11 is 6.42. The fraction of sp³-hybridized carbons (Fsp3) is 0.318. The van der Waals surface area contributed by atoms with Crippen molar-refractivity contribution in [2.75, 3.05) is 43.2 Å². The lowest BCUT2D eigenvalue weighted by Gasteiger charge is -2.23. The van der Waals surface area contributed by atoms with Gasteiger partial charge in [0.25, 0.3) is 5.91 Å². The third kappa shape index (κ3) is 3.29. The van der Waals surface area contributed by atoms with E-state index in [0.29, 0.717) is 53.5 Å². The standard InChI is InChI=1S/C22H21ClN4O3/c1-26-8-4-9-27(21-20(26)24-16-6-2-3-7-17(16)25-21)22(28)14-12-15(23)19-18(13-14)29-10-5-11-30-19/h2-3,6-7,12-13H,4-5,8-11H2,1H3. The van der Waals surface area contributed by atoms with Gasteiger partial charge in [0.15, 0.2) is 23.1 Å². The molecule has 5 rings (SSSR count). The van der Waals surface area contributed by atoms with Crippen molar-refractivity contribution < 1.29 is 14.3 Å². The average molecular weight is 425 g/mol. The molecule has 154 valence electrons. The van der Waals surface area contributed by atoms with Gasteiger partial charge in [0.2, 0.25) is 0 Å². The van der Waals surface area contributed by atoms with E-state index < -0.39 is 0 Å². The van der Waals surface area contributed by atoms with Crippen molar-refractivity contribution in [2.45, 2.75) is 12.8 Å². The largest absolute Gasteiger partial charge is 0.489 e. The van der Waals surface area contributed by atoms with E-state index in [1.54, 1.807) is 17.0 Å². The number of amides is 1. The molecule has 0 unspecified atom stereocenters. The van der Waals surface area contributed by atoms with E-state index >= 15 is 0 Å². The van der Waals surface area contributed by atoms with Gasteiger partial charge in [-0.05, 0) is 30.7 Å². The van der Waals surface area contributed by atoms with Gasteiger partial charge in [-0.15, -0.1) is 0 Å². The zero-order chi connectivity index (χ0) is 20.7. The summed E-state index contributed by atoms with van der Waals surface area (Å²) in [7, 11) is 1.97. The molecule has 30 heavy (non-hydrogen) atoms. The molecule has 0 spiro atoms. The van der Waals surface area contributed by atoms with E-state index in [2.05, 4.69) is 0 Å². The number of rotatable bonds is 1. The van der Waals surface area contributed by atoms with E-state index in [0.717, 1.165) is 30.4 Å². The van der Waals surface area contributed by atoms with Crippen LogP contribution in [0.1, 0.15) is 23.2 Å². The van der Waals surface area contributed by atoms with Gasteiger partial charge in [-0.2, -0.15) is 0 Å². The first kappa shape index (κ1) is 18.9. The van der Waals surface area contributed by atoms with Gasteiger partial charge in [-0.1, -0.05) is 23.7 Å². The molecule has 2 aromatic carbocycles. The summed E-state index contributed by atoms with van der Waals surface area (Å²) in [6.07, 6.45) is 1.57. The Morgan fingerprint density at radius 1 is 1.00 bits per heavy atom. The molecule has 0 bridgehead atoms. The number of carbonyl (C=O) groups excluding carboxylic acids is 1. The number of aromatic nitrogens is 2. The van der Waals surface area contributed by atoms with Crippen LogP contribution in [0.5, 0.6) is 11.5 Å². The van der Waals surface area contributed by atoms with Crippen LogP contribution in [0, 0.1) is 0 Å². The van der Waals surface area contributed by atoms with E-state index in [1.807, 2.05) is 36.2 Å². The molecule has 1 aromatic heterocycles. The van der Waals surface area contributed by atoms with Crippen molar-refractivity contribution in [3.05, 3.63) is 47.0 Å². The van der Waals surface area contributed by atoms with Crippen molar-refractivity contribution >= 4 is 40.2 Å². The maximum atomic E-state index is 13.6. The Morgan fingerprint density at radius 2 is 1.73 bits per heavy atom. The summed E-state index contributed by atoms with van der Waals surface area (Å²) in [5.74, 6) is 2.06. The molecule has 2 aliphatic rings. The molecule has 3 aromatic rings. The number of carbonyl (C=O) groups is 1. The van der Waals surface area contributed by atoms with Crippen molar-refractivity contribution in [1.29, 1.82) is 0 Å². The van der Waals surface area contributed by atoms with Crippen LogP contribution in [-0.2, 0) is 0 Å². The molecule has 8 heteroatoms. The van der Waals surface area contributed by atoms with Crippen LogP contribution >= 0.6 is 11.6 Å². The van der Waals surface area contributed by atoms with Crippen LogP contribution in [0.25, 0.3) is 11.0 Å². The topological polar surface area (TPSA) is 67.8 Å². The zero-order valence-corrected chi connectivity index (χ0v) is 17.4. The minimum atomic E-state index is -0.186. The summed E-state index contributed by atoms with van der Waals surface area (Å²) in [4.78, 5) is 26.9. The van der Waals surface area contributed by atoms with Crippen LogP contribution in [0.2, 0.25) is 5.02 Å². The Labute approximate surface area is 179 Å². The number of halogens is 1. The number of benzene rings is 2. The van der Waals surface area contributed by atoms with E-state index in [-0.39, 0.29) is 5.91 Å². The molecule has 0 N–H and O–H groups in total. The molecule has 0 saturated carbocycles. The zero-order valence-electron chi connectivity index (χ0n) is 16.6. The normalized spacial score (nSPS) is 16.1. The number of para-hydroxylation sites is 2. The molecule has 0 aliphatic carbocycles. The predicted octanol–water partition coefficient (Wildman–Crippen LogP) is 3.93. The van der Waals surface area contributed by atoms with Gasteiger partial charge in [-0.25, -0.2) is 9.97 Å². The molecule has 3 heterocycles. The second-order valence-corrected chi connectivity index (χ2v) is 7.83. The molecule has 0 radical (unpaired) electrons. The van der Waals surface area contributed by atoms with Gasteiger partial charge < -0.3 is 14.4 Å². The Balaban J connectivity index is 1.60. The highest BCUT2D eigenvalue weighted by Gasteiger charge is 2.29. The number of fused-ring (bicyclic) bond motifs is 3. The first-order chi connectivity index (χ1) is 14.6. The Bertz CT molecular complexity index is 1140. The second-order valence-electron chi connectivity index (χ2n) is 7.43. The van der Waals surface area contributed by atoms with Crippen LogP contribution in [-0.4, -0.2) is 49.2 Å². The lowest BCUT2D eigenvalue weighted by atomic mass is 10.1. The van der Waals surface area contributed by atoms with Crippen molar-refractivity contribution in [3.8, 4) is 11.5 Å². The molecular weight excluding hydrogens is 404 g/mol. The van der Waals surface area contributed by atoms with Crippen molar-refractivity contribution in [2.24, 2.45) is 0 Å². The van der Waals surface area contributed by atoms with Crippen molar-refractivity contribution in [3.63, 3.8) is 0 Å². The smallest absolute Gasteiger partial charge is 0.259 e. The number of ether oxygens (including phenoxy) is 2. The molecule has 7 nitrogen and oxygen atoms in total. The highest BCUT2D eigenvalue weighted by Crippen LogP contribution is 2.39. The van der Waals surface area contributed by atoms with Crippen LogP contribution in [0.15, 0.2) is 36.4 Å². The quantitative estimate of drug-likeness (QED) is 0.589. The van der Waals surface area contributed by atoms with Gasteiger partial charge in [0.05, 0.1) is 29.3 Å². The minimum absolute atomic E-state index is 0.186. The van der Waals surface area contributed by atoms with Crippen molar-refractivity contribution in [1.82, 2.24) is 9.97 Å². The molecule has 0 saturated heterocycles. The summed E-state index contributed by atoms with van der Waals surface area (Å²) < 4.78 is 11.4. The molecule has 0 atom stereocenters. The third-order valence-corrected chi connectivity index (χ3v) is 5.60. The van der Waals surface area contributed by atoms with Gasteiger partial charge in [0.1, 0.15) is 0 Å². The molecular formula is C22H21ClN4O3. The number of hydrogen-bond donors (Lipinski definition) is 0. The maximum absolute atomic E-state index is 13.6. The highest BCUT2D eigenvalue weighted by atomic mass is 35.5. The van der Waals surface area contributed by atoms with E-state index in [9.17, 15) is 4.79 Å². The molecule has 1 amide bonds. The Kier molecular flexibility index (Phi) is 4.83. The maximum Gasteiger partial charge on any atom is 0.259 e. The summed E-state index contributed by atoms with van der Waals surface area (Å²) in [6.45, 7) is 2.38. The Hall–Kier alpha value is -3.06. The molecule has 0 fully saturated rings. The fourth-order valence-electron chi connectivity index (χ4n) is 3.80. The van der Waals surface area contributed by atoms with Gasteiger partial charge >= 0.3 is 0 Å². The van der Waals surface area contributed by atoms with Crippen LogP contribution in [0.3, 0.4) is 0 Å². The summed E-state index contributed by atoms with van der Waals surface area (Å²) in [5, 5.41) is 0.370. The Morgan fingerprint density at radius 3 is 2.53 bits per heavy atom. The van der Waals surface area contributed by atoms with Gasteiger partial charge in [-0.3, -0.25) is 9.69 Å². The summed E-state index contributed by atoms with van der Waals surface area (Å²) in [5.41, 5.74) is 1.99. The lowest BCUT2D eigenvalue weighted by Crippen LogP contribution is -2.32. The highest BCUT2D eigenvalue weighted by molar-refractivity contribution is 6.33. The van der Waals surface area contributed by atoms with E-state index in [1.165, 1.54) is 0 Å². The predicted molar refractivity (Wildman–Crippen MR) is 116 cm³/mol. The van der Waals surface area contributed by atoms with Crippen LogP contribution < -0.4 is 19.3 Å². The first-order valence-electron chi connectivity index (χ1n) is 10.0. The number of nitrogens with zero attached hydrogens (tertiary/aromatic N) is 4. The number of hydrogen-bond acceptors (Lipinski definition) is 6. The fourth-order valence-corrected chi connectivity index (χ4v) is 4.07. The van der Waals surface area contributed by atoms with Crippen LogP contribution in [0.4, 0.5) is 11.6 Å². The monoisotopic (exact) mass is 424 g/mol. The second kappa shape index (κ2) is 7.65. The lowest BCUT2D eigenvalue weighted by molar-refractivity contribution is 0.0986. The average Bonchev–Trinajstić information content (AvgIpc) is 3.09. The summed E-state index contributed by atoms with van der Waals surface area (Å²) in [6, 6.07) is 11.0.